The van der Waals surface area contributed by atoms with Gasteiger partial charge in [0.1, 0.15) is 0 Å². The van der Waals surface area contributed by atoms with Crippen molar-refractivity contribution in [1.29, 1.82) is 0 Å². The maximum Gasteiger partial charge on any atom is 0.257 e. The molecule has 0 bridgehead atoms. The minimum absolute atomic E-state index is 0.0686. The van der Waals surface area contributed by atoms with Crippen LogP contribution in [-0.2, 0) is 11.3 Å². The fraction of sp³-hybridized carbons (Fsp3) is 0.480. The first kappa shape index (κ1) is 22.9. The maximum atomic E-state index is 12.5. The molecule has 2 aromatic rings. The lowest BCUT2D eigenvalue weighted by Crippen LogP contribution is -2.49. The SMILES string of the molecule is Cc1cncc(C(=O)Nc2cccc(CN3CC[C@H](C(=O)NC(C)(C)C)C[C@@H]3C)c2)c1. The van der Waals surface area contributed by atoms with Crippen LogP contribution < -0.4 is 10.6 Å². The Hall–Kier alpha value is -2.73. The first-order valence-corrected chi connectivity index (χ1v) is 11.0. The number of piperidine rings is 1. The molecule has 0 radical (unpaired) electrons. The zero-order chi connectivity index (χ0) is 22.6. The molecule has 2 heterocycles. The molecule has 1 fully saturated rings. The minimum Gasteiger partial charge on any atom is -0.351 e. The van der Waals surface area contributed by atoms with Crippen molar-refractivity contribution in [3.63, 3.8) is 0 Å². The highest BCUT2D eigenvalue weighted by molar-refractivity contribution is 6.04. The van der Waals surface area contributed by atoms with Crippen LogP contribution in [0.25, 0.3) is 0 Å². The van der Waals surface area contributed by atoms with E-state index in [9.17, 15) is 9.59 Å². The van der Waals surface area contributed by atoms with Gasteiger partial charge in [-0.3, -0.25) is 19.5 Å². The molecule has 166 valence electrons. The van der Waals surface area contributed by atoms with Gasteiger partial charge in [0.05, 0.1) is 5.56 Å². The van der Waals surface area contributed by atoms with Gasteiger partial charge in [0, 0.05) is 42.1 Å². The number of carbonyl (C=O) groups excluding carboxylic acids is 2. The van der Waals surface area contributed by atoms with Crippen LogP contribution in [0.2, 0.25) is 0 Å². The number of hydrogen-bond acceptors (Lipinski definition) is 4. The largest absolute Gasteiger partial charge is 0.351 e. The number of aryl methyl sites for hydroxylation is 1. The molecule has 2 N–H and O–H groups in total. The number of aromatic nitrogens is 1. The number of anilines is 1. The van der Waals surface area contributed by atoms with E-state index in [1.165, 1.54) is 0 Å². The number of amides is 2. The summed E-state index contributed by atoms with van der Waals surface area (Å²) < 4.78 is 0. The van der Waals surface area contributed by atoms with Gasteiger partial charge in [-0.1, -0.05) is 12.1 Å². The van der Waals surface area contributed by atoms with Crippen molar-refractivity contribution in [1.82, 2.24) is 15.2 Å². The van der Waals surface area contributed by atoms with Crippen LogP contribution in [0.15, 0.2) is 42.7 Å². The van der Waals surface area contributed by atoms with Crippen LogP contribution in [0.4, 0.5) is 5.69 Å². The second kappa shape index (κ2) is 9.60. The molecular formula is C25H34N4O2. The monoisotopic (exact) mass is 422 g/mol. The van der Waals surface area contributed by atoms with Crippen LogP contribution in [0.1, 0.15) is 62.0 Å². The van der Waals surface area contributed by atoms with Gasteiger partial charge in [0.25, 0.3) is 5.91 Å². The van der Waals surface area contributed by atoms with Crippen LogP contribution in [0.3, 0.4) is 0 Å². The molecule has 6 heteroatoms. The summed E-state index contributed by atoms with van der Waals surface area (Å²) in [7, 11) is 0. The van der Waals surface area contributed by atoms with Crippen molar-refractivity contribution >= 4 is 17.5 Å². The van der Waals surface area contributed by atoms with Gasteiger partial charge in [-0.25, -0.2) is 0 Å². The summed E-state index contributed by atoms with van der Waals surface area (Å²) in [6, 6.07) is 10.1. The number of pyridine rings is 1. The van der Waals surface area contributed by atoms with Crippen molar-refractivity contribution in [3.05, 3.63) is 59.4 Å². The predicted octanol–water partition coefficient (Wildman–Crippen LogP) is 4.16. The van der Waals surface area contributed by atoms with E-state index in [4.69, 9.17) is 0 Å². The Morgan fingerprint density at radius 1 is 1.19 bits per heavy atom. The number of nitrogens with one attached hydrogen (secondary N) is 2. The zero-order valence-corrected chi connectivity index (χ0v) is 19.2. The van der Waals surface area contributed by atoms with Crippen molar-refractivity contribution in [2.24, 2.45) is 5.92 Å². The van der Waals surface area contributed by atoms with Gasteiger partial charge in [-0.2, -0.15) is 0 Å². The Kier molecular flexibility index (Phi) is 7.11. The number of benzene rings is 1. The zero-order valence-electron chi connectivity index (χ0n) is 19.2. The highest BCUT2D eigenvalue weighted by Gasteiger charge is 2.31. The predicted molar refractivity (Wildman–Crippen MR) is 124 cm³/mol. The van der Waals surface area contributed by atoms with Gasteiger partial charge in [-0.15, -0.1) is 0 Å². The molecule has 2 atom stereocenters. The van der Waals surface area contributed by atoms with Crippen molar-refractivity contribution in [3.8, 4) is 0 Å². The van der Waals surface area contributed by atoms with Crippen LogP contribution in [-0.4, -0.2) is 39.8 Å². The first-order valence-electron chi connectivity index (χ1n) is 11.0. The fourth-order valence-electron chi connectivity index (χ4n) is 4.03. The van der Waals surface area contributed by atoms with Gasteiger partial charge in [0.15, 0.2) is 0 Å². The Morgan fingerprint density at radius 3 is 2.65 bits per heavy atom. The lowest BCUT2D eigenvalue weighted by molar-refractivity contribution is -0.128. The molecule has 0 aliphatic carbocycles. The third-order valence-electron chi connectivity index (χ3n) is 5.59. The summed E-state index contributed by atoms with van der Waals surface area (Å²) in [5.74, 6) is 0.0702. The van der Waals surface area contributed by atoms with E-state index in [2.05, 4.69) is 33.5 Å². The van der Waals surface area contributed by atoms with E-state index in [1.807, 2.05) is 52.0 Å². The van der Waals surface area contributed by atoms with Gasteiger partial charge >= 0.3 is 0 Å². The smallest absolute Gasteiger partial charge is 0.257 e. The topological polar surface area (TPSA) is 74.3 Å². The number of hydrogen-bond donors (Lipinski definition) is 2. The summed E-state index contributed by atoms with van der Waals surface area (Å²) in [4.78, 5) is 31.6. The molecule has 31 heavy (non-hydrogen) atoms. The Morgan fingerprint density at radius 2 is 1.97 bits per heavy atom. The molecule has 3 rings (SSSR count). The van der Waals surface area contributed by atoms with Gasteiger partial charge in [0.2, 0.25) is 5.91 Å². The molecule has 1 aromatic carbocycles. The van der Waals surface area contributed by atoms with E-state index >= 15 is 0 Å². The Balaban J connectivity index is 1.58. The molecule has 6 nitrogen and oxygen atoms in total. The van der Waals surface area contributed by atoms with Gasteiger partial charge in [-0.05, 0) is 83.3 Å². The normalized spacial score (nSPS) is 19.6. The summed E-state index contributed by atoms with van der Waals surface area (Å²) in [5.41, 5.74) is 3.22. The second-order valence-electron chi connectivity index (χ2n) is 9.69. The van der Waals surface area contributed by atoms with Crippen LogP contribution in [0, 0.1) is 12.8 Å². The molecule has 0 saturated carbocycles. The average Bonchev–Trinajstić information content (AvgIpc) is 2.68. The number of rotatable bonds is 5. The molecule has 0 spiro atoms. The molecule has 1 saturated heterocycles. The van der Waals surface area contributed by atoms with Crippen LogP contribution in [0.5, 0.6) is 0 Å². The van der Waals surface area contributed by atoms with E-state index in [-0.39, 0.29) is 23.3 Å². The fourth-order valence-corrected chi connectivity index (χ4v) is 4.03. The van der Waals surface area contributed by atoms with Gasteiger partial charge < -0.3 is 10.6 Å². The van der Waals surface area contributed by atoms with Crippen LogP contribution >= 0.6 is 0 Å². The summed E-state index contributed by atoms with van der Waals surface area (Å²) in [6.45, 7) is 11.8. The van der Waals surface area contributed by atoms with E-state index < -0.39 is 0 Å². The second-order valence-corrected chi connectivity index (χ2v) is 9.69. The average molecular weight is 423 g/mol. The summed E-state index contributed by atoms with van der Waals surface area (Å²) in [6.07, 6.45) is 5.03. The molecule has 1 aromatic heterocycles. The standard InChI is InChI=1S/C25H34N4O2/c1-17-11-21(15-26-14-17)23(30)27-22-8-6-7-19(13-22)16-29-10-9-20(12-18(29)2)24(31)28-25(3,4)5/h6-8,11,13-15,18,20H,9-10,12,16H2,1-5H3,(H,27,30)(H,28,31)/t18-,20-/m0/s1. The highest BCUT2D eigenvalue weighted by Crippen LogP contribution is 2.26. The number of nitrogens with zero attached hydrogens (tertiary/aromatic N) is 2. The van der Waals surface area contributed by atoms with Crippen molar-refractivity contribution in [2.75, 3.05) is 11.9 Å². The van der Waals surface area contributed by atoms with E-state index in [0.29, 0.717) is 11.6 Å². The highest BCUT2D eigenvalue weighted by atomic mass is 16.2. The molecule has 0 unspecified atom stereocenters. The van der Waals surface area contributed by atoms with Crippen molar-refractivity contribution in [2.45, 2.75) is 65.6 Å². The van der Waals surface area contributed by atoms with E-state index in [0.717, 1.165) is 42.7 Å². The van der Waals surface area contributed by atoms with E-state index in [1.54, 1.807) is 12.4 Å². The lowest BCUT2D eigenvalue weighted by atomic mass is 9.89. The van der Waals surface area contributed by atoms with Crippen molar-refractivity contribution < 1.29 is 9.59 Å². The third kappa shape index (κ3) is 6.62. The molecule has 2 amide bonds. The lowest BCUT2D eigenvalue weighted by Gasteiger charge is -2.38. The quantitative estimate of drug-likeness (QED) is 0.759. The number of likely N-dealkylation sites (tertiary alicyclic amines) is 1. The molecule has 1 aliphatic rings. The number of carbonyl (C=O) groups is 2. The molecular weight excluding hydrogens is 388 g/mol. The first-order chi connectivity index (χ1) is 14.6. The summed E-state index contributed by atoms with van der Waals surface area (Å²) in [5, 5.41) is 6.08. The molecule has 1 aliphatic heterocycles. The Bertz CT molecular complexity index is 935. The maximum absolute atomic E-state index is 12.5. The summed E-state index contributed by atoms with van der Waals surface area (Å²) >= 11 is 0. The Labute approximate surface area is 185 Å². The minimum atomic E-state index is -0.198. The third-order valence-corrected chi connectivity index (χ3v) is 5.59.